The van der Waals surface area contributed by atoms with Crippen LogP contribution < -0.4 is 20.1 Å². The van der Waals surface area contributed by atoms with Crippen molar-refractivity contribution in [3.8, 4) is 5.75 Å². The molecule has 3 aromatic rings. The number of sulfonamides is 2. The third-order valence-corrected chi connectivity index (χ3v) is 16.2. The molecule has 2 aliphatic rings. The molecule has 0 aliphatic carbocycles. The van der Waals surface area contributed by atoms with Crippen molar-refractivity contribution >= 4 is 78.3 Å². The highest BCUT2D eigenvalue weighted by Gasteiger charge is 2.43. The lowest BCUT2D eigenvalue weighted by Gasteiger charge is -2.38. The van der Waals surface area contributed by atoms with Crippen molar-refractivity contribution in [3.63, 3.8) is 0 Å². The summed E-state index contributed by atoms with van der Waals surface area (Å²) in [4.78, 5) is 72.2. The summed E-state index contributed by atoms with van der Waals surface area (Å²) in [6.07, 6.45) is -0.444. The number of benzene rings is 1. The Hall–Kier alpha value is -4.97. The lowest BCUT2D eigenvalue weighted by Crippen LogP contribution is -2.47. The first kappa shape index (κ1) is 49.1. The van der Waals surface area contributed by atoms with E-state index < -0.39 is 60.1 Å². The van der Waals surface area contributed by atoms with E-state index in [9.17, 15) is 45.9 Å². The molecule has 0 saturated carbocycles. The number of nitrogens with one attached hydrogen (secondary N) is 4. The van der Waals surface area contributed by atoms with Crippen LogP contribution in [0.2, 0.25) is 0 Å². The number of likely N-dealkylation sites (N-methyl/N-ethyl adjacent to an activating group) is 2. The van der Waals surface area contributed by atoms with Crippen LogP contribution in [0.25, 0.3) is 11.6 Å². The van der Waals surface area contributed by atoms with Crippen LogP contribution in [0.1, 0.15) is 91.4 Å². The minimum absolute atomic E-state index is 0.00159. The minimum Gasteiger partial charge on any atom is -0.426 e. The fourth-order valence-electron chi connectivity index (χ4n) is 7.41. The summed E-state index contributed by atoms with van der Waals surface area (Å²) in [5.74, 6) is -3.03. The van der Waals surface area contributed by atoms with Crippen molar-refractivity contribution in [2.75, 3.05) is 64.8 Å². The van der Waals surface area contributed by atoms with Crippen molar-refractivity contribution in [3.05, 3.63) is 57.9 Å². The number of carbonyl (C=O) groups is 5. The van der Waals surface area contributed by atoms with E-state index >= 15 is 0 Å². The quantitative estimate of drug-likeness (QED) is 0.0474. The van der Waals surface area contributed by atoms with Gasteiger partial charge in [0, 0.05) is 81.1 Å². The van der Waals surface area contributed by atoms with Crippen LogP contribution in [0.3, 0.4) is 0 Å². The van der Waals surface area contributed by atoms with Crippen LogP contribution in [-0.2, 0) is 44.0 Å². The number of nitrogens with zero attached hydrogens (tertiary/aromatic N) is 3. The van der Waals surface area contributed by atoms with Gasteiger partial charge >= 0.3 is 5.97 Å². The number of ether oxygens (including phenoxy) is 2. The highest BCUT2D eigenvalue weighted by molar-refractivity contribution is 7.94. The molecule has 344 valence electrons. The van der Waals surface area contributed by atoms with Crippen molar-refractivity contribution in [1.29, 1.82) is 0 Å². The van der Waals surface area contributed by atoms with E-state index in [0.29, 0.717) is 64.6 Å². The monoisotopic (exact) mass is 933 g/mol. The minimum atomic E-state index is -4.61. The van der Waals surface area contributed by atoms with E-state index in [4.69, 9.17) is 9.47 Å². The predicted octanol–water partition coefficient (Wildman–Crippen LogP) is 2.76. The number of rotatable bonds is 20. The number of amides is 4. The molecule has 4 heterocycles. The molecule has 2 aromatic heterocycles. The smallest absolute Gasteiger partial charge is 0.311 e. The summed E-state index contributed by atoms with van der Waals surface area (Å²) in [5.41, 5.74) is 3.58. The van der Waals surface area contributed by atoms with Crippen molar-refractivity contribution in [1.82, 2.24) is 29.1 Å². The van der Waals surface area contributed by atoms with E-state index in [1.165, 1.54) is 24.1 Å². The Bertz CT molecular complexity index is 2490. The molecule has 0 unspecified atom stereocenters. The fourth-order valence-corrected chi connectivity index (χ4v) is 12.3. The number of H-pyrrole nitrogens is 1. The summed E-state index contributed by atoms with van der Waals surface area (Å²) in [7, 11) is -7.39. The summed E-state index contributed by atoms with van der Waals surface area (Å²) >= 11 is 0.419. The Balaban J connectivity index is 1.31. The number of aromatic amines is 1. The molecule has 2 atom stereocenters. The Morgan fingerprint density at radius 1 is 1.10 bits per heavy atom. The molecule has 0 fully saturated rings. The second-order valence-electron chi connectivity index (χ2n) is 15.0. The number of fused-ring (bicyclic) bond motifs is 2. The lowest BCUT2D eigenvalue weighted by atomic mass is 10.0. The van der Waals surface area contributed by atoms with Gasteiger partial charge in [0.25, 0.3) is 37.8 Å². The molecule has 0 saturated heterocycles. The third kappa shape index (κ3) is 11.0. The van der Waals surface area contributed by atoms with Gasteiger partial charge in [-0.1, -0.05) is 13.8 Å². The van der Waals surface area contributed by atoms with Crippen molar-refractivity contribution in [2.24, 2.45) is 0 Å². The number of aryl methyl sites for hydroxylation is 1. The molecule has 5 N–H and O–H groups in total. The molecule has 63 heavy (non-hydrogen) atoms. The molecule has 22 heteroatoms. The van der Waals surface area contributed by atoms with Gasteiger partial charge < -0.3 is 40.0 Å². The van der Waals surface area contributed by atoms with E-state index in [1.807, 2.05) is 0 Å². The number of hydrogen-bond acceptors (Lipinski definition) is 14. The maximum Gasteiger partial charge on any atom is 0.311 e. The Labute approximate surface area is 371 Å². The second-order valence-corrected chi connectivity index (χ2v) is 20.1. The number of aliphatic hydroxyl groups is 1. The van der Waals surface area contributed by atoms with Crippen LogP contribution in [-0.4, -0.2) is 136 Å². The molecule has 1 aromatic carbocycles. The van der Waals surface area contributed by atoms with Crippen molar-refractivity contribution < 1.29 is 55.4 Å². The first-order chi connectivity index (χ1) is 29.8. The Kier molecular flexibility index (Phi) is 16.1. The fraction of sp³-hybridized carbons (Fsp3) is 0.488. The largest absolute Gasteiger partial charge is 0.426 e. The van der Waals surface area contributed by atoms with E-state index in [1.54, 1.807) is 37.6 Å². The van der Waals surface area contributed by atoms with E-state index in [-0.39, 0.29) is 66.1 Å². The SMILES string of the molecule is CCN(CC)CCNC(=O)c1c(C)[nH]c(/C=C2\C(=O)Nc3ccc(OC(=O)CCC(=O)N(CC)[C@H]4CN(CCCOC)S(=O)(=O)c5sc(S(=O)(=O)NC(=O)[C@H](C)O)cc54)cc32)c1C. The van der Waals surface area contributed by atoms with Crippen LogP contribution in [0.15, 0.2) is 32.7 Å². The zero-order valence-electron chi connectivity index (χ0n) is 36.3. The molecule has 2 aliphatic heterocycles. The number of aromatic nitrogens is 1. The average Bonchev–Trinajstić information content (AvgIpc) is 3.91. The normalized spacial score (nSPS) is 16.9. The van der Waals surface area contributed by atoms with Gasteiger partial charge in [0.15, 0.2) is 0 Å². The highest BCUT2D eigenvalue weighted by atomic mass is 32.3. The number of anilines is 1. The van der Waals surface area contributed by atoms with Gasteiger partial charge in [-0.05, 0) is 83.1 Å². The average molecular weight is 934 g/mol. The van der Waals surface area contributed by atoms with Gasteiger partial charge in [0.1, 0.15) is 20.3 Å². The zero-order chi connectivity index (χ0) is 46.4. The maximum atomic E-state index is 13.8. The molecule has 0 spiro atoms. The van der Waals surface area contributed by atoms with Gasteiger partial charge in [-0.2, -0.15) is 4.31 Å². The van der Waals surface area contributed by atoms with E-state index in [2.05, 4.69) is 34.4 Å². The van der Waals surface area contributed by atoms with Gasteiger partial charge in [-0.15, -0.1) is 11.3 Å². The van der Waals surface area contributed by atoms with Gasteiger partial charge in [0.05, 0.1) is 23.6 Å². The second kappa shape index (κ2) is 20.7. The lowest BCUT2D eigenvalue weighted by molar-refractivity contribution is -0.140. The van der Waals surface area contributed by atoms with Crippen molar-refractivity contribution in [2.45, 2.75) is 81.4 Å². The predicted molar refractivity (Wildman–Crippen MR) is 235 cm³/mol. The standard InChI is InChI=1S/C41H55N7O12S3/c1-8-46(9-2)18-16-42-40(54)37-24(4)32(43-25(37)5)21-29-28-20-27(12-13-31(28)44-39(29)53)60-35(51)15-14-34(50)48(10-3)33-23-47(17-11-19-59-7)63(57,58)41-30(33)22-36(61-41)62(55,56)45-38(52)26(6)49/h12-13,20-22,26,33,43,49H,8-11,14-19,23H2,1-7H3,(H,42,54)(H,44,53)(H,45,52)/b29-21-/t26-,33-/m0/s1. The number of thiophene rings is 1. The van der Waals surface area contributed by atoms with Crippen LogP contribution in [0.5, 0.6) is 5.75 Å². The highest BCUT2D eigenvalue weighted by Crippen LogP contribution is 2.43. The summed E-state index contributed by atoms with van der Waals surface area (Å²) in [5, 5.41) is 15.3. The van der Waals surface area contributed by atoms with Crippen LogP contribution in [0.4, 0.5) is 5.69 Å². The number of carbonyl (C=O) groups excluding carboxylic acids is 5. The molecular weight excluding hydrogens is 879 g/mol. The Morgan fingerprint density at radius 2 is 1.81 bits per heavy atom. The topological polar surface area (TPSA) is 254 Å². The van der Waals surface area contributed by atoms with E-state index in [0.717, 1.165) is 30.4 Å². The number of methoxy groups -OCH3 is 1. The molecular formula is C41H55N7O12S3. The summed E-state index contributed by atoms with van der Waals surface area (Å²) in [6, 6.07) is 4.75. The number of esters is 1. The Morgan fingerprint density at radius 3 is 2.46 bits per heavy atom. The molecule has 0 bridgehead atoms. The molecule has 19 nitrogen and oxygen atoms in total. The first-order valence-electron chi connectivity index (χ1n) is 20.5. The number of hydrogen-bond donors (Lipinski definition) is 5. The van der Waals surface area contributed by atoms with Gasteiger partial charge in [-0.25, -0.2) is 21.6 Å². The summed E-state index contributed by atoms with van der Waals surface area (Å²) < 4.78 is 66.6. The molecule has 4 amide bonds. The van der Waals surface area contributed by atoms with Gasteiger partial charge in [0.2, 0.25) is 5.91 Å². The maximum absolute atomic E-state index is 13.8. The van der Waals surface area contributed by atoms with Gasteiger partial charge in [-0.3, -0.25) is 24.0 Å². The number of aliphatic hydroxyl groups excluding tert-OH is 1. The first-order valence-corrected chi connectivity index (χ1v) is 24.3. The summed E-state index contributed by atoms with van der Waals surface area (Å²) in [6.45, 7) is 13.4. The molecule has 0 radical (unpaired) electrons. The van der Waals surface area contributed by atoms with Crippen LogP contribution >= 0.6 is 11.3 Å². The molecule has 5 rings (SSSR count). The zero-order valence-corrected chi connectivity index (χ0v) is 38.8. The third-order valence-electron chi connectivity index (χ3n) is 10.8. The van der Waals surface area contributed by atoms with Crippen LogP contribution in [0, 0.1) is 13.8 Å².